The van der Waals surface area contributed by atoms with E-state index in [1.165, 1.54) is 23.1 Å². The SMILES string of the molecule is N#Cc1cccc(C(=O)OCC(=O)N(c2ccccc2)[C@H]2C=CS(=O)(=O)C2)c1. The van der Waals surface area contributed by atoms with Crippen molar-refractivity contribution in [3.8, 4) is 6.07 Å². The first kappa shape index (κ1) is 19.3. The van der Waals surface area contributed by atoms with Crippen molar-refractivity contribution in [3.05, 3.63) is 77.2 Å². The first-order valence-corrected chi connectivity index (χ1v) is 10.1. The molecule has 0 saturated heterocycles. The van der Waals surface area contributed by atoms with E-state index in [1.54, 1.807) is 42.5 Å². The van der Waals surface area contributed by atoms with Crippen molar-refractivity contribution >= 4 is 27.4 Å². The number of rotatable bonds is 5. The Bertz CT molecular complexity index is 1070. The summed E-state index contributed by atoms with van der Waals surface area (Å²) in [7, 11) is -3.38. The number of nitrogens with zero attached hydrogens (tertiary/aromatic N) is 2. The van der Waals surface area contributed by atoms with E-state index in [4.69, 9.17) is 10.00 Å². The van der Waals surface area contributed by atoms with Crippen LogP contribution in [0, 0.1) is 11.3 Å². The average Bonchev–Trinajstić information content (AvgIpc) is 3.06. The van der Waals surface area contributed by atoms with Gasteiger partial charge in [-0.2, -0.15) is 5.26 Å². The summed E-state index contributed by atoms with van der Waals surface area (Å²) >= 11 is 0. The second kappa shape index (κ2) is 8.06. The molecule has 28 heavy (non-hydrogen) atoms. The Hall–Kier alpha value is -3.44. The normalized spacial score (nSPS) is 16.9. The molecule has 0 aromatic heterocycles. The molecular weight excluding hydrogens is 380 g/mol. The predicted molar refractivity (Wildman–Crippen MR) is 102 cm³/mol. The van der Waals surface area contributed by atoms with Gasteiger partial charge in [-0.15, -0.1) is 0 Å². The van der Waals surface area contributed by atoms with Crippen LogP contribution in [0.5, 0.6) is 0 Å². The second-order valence-corrected chi connectivity index (χ2v) is 8.02. The quantitative estimate of drug-likeness (QED) is 0.717. The largest absolute Gasteiger partial charge is 0.452 e. The zero-order chi connectivity index (χ0) is 20.1. The molecule has 0 unspecified atom stereocenters. The summed E-state index contributed by atoms with van der Waals surface area (Å²) < 4.78 is 28.6. The van der Waals surface area contributed by atoms with Crippen LogP contribution in [0.25, 0.3) is 0 Å². The number of nitriles is 1. The van der Waals surface area contributed by atoms with Gasteiger partial charge in [-0.3, -0.25) is 4.79 Å². The Morgan fingerprint density at radius 3 is 2.54 bits per heavy atom. The molecule has 7 nitrogen and oxygen atoms in total. The summed E-state index contributed by atoms with van der Waals surface area (Å²) in [5.74, 6) is -1.53. The maximum Gasteiger partial charge on any atom is 0.338 e. The number of carbonyl (C=O) groups excluding carboxylic acids is 2. The van der Waals surface area contributed by atoms with Crippen LogP contribution >= 0.6 is 0 Å². The Labute approximate surface area is 162 Å². The number of anilines is 1. The van der Waals surface area contributed by atoms with Crippen molar-refractivity contribution < 1.29 is 22.7 Å². The van der Waals surface area contributed by atoms with Gasteiger partial charge in [0.2, 0.25) is 0 Å². The number of para-hydroxylation sites is 1. The number of ether oxygens (including phenoxy) is 1. The average molecular weight is 396 g/mol. The van der Waals surface area contributed by atoms with Crippen molar-refractivity contribution in [1.29, 1.82) is 5.26 Å². The van der Waals surface area contributed by atoms with E-state index >= 15 is 0 Å². The van der Waals surface area contributed by atoms with E-state index in [-0.39, 0.29) is 11.3 Å². The number of hydrogen-bond acceptors (Lipinski definition) is 6. The van der Waals surface area contributed by atoms with Crippen LogP contribution in [0.1, 0.15) is 15.9 Å². The molecule has 1 heterocycles. The zero-order valence-corrected chi connectivity index (χ0v) is 15.5. The van der Waals surface area contributed by atoms with E-state index in [2.05, 4.69) is 0 Å². The van der Waals surface area contributed by atoms with Crippen molar-refractivity contribution in [3.63, 3.8) is 0 Å². The molecule has 3 rings (SSSR count). The number of esters is 1. The molecule has 0 saturated carbocycles. The highest BCUT2D eigenvalue weighted by molar-refractivity contribution is 7.94. The van der Waals surface area contributed by atoms with Gasteiger partial charge < -0.3 is 9.64 Å². The molecule has 1 amide bonds. The first-order chi connectivity index (χ1) is 13.4. The Morgan fingerprint density at radius 1 is 1.14 bits per heavy atom. The van der Waals surface area contributed by atoms with Crippen molar-refractivity contribution in [2.75, 3.05) is 17.3 Å². The fraction of sp³-hybridized carbons (Fsp3) is 0.150. The van der Waals surface area contributed by atoms with Crippen LogP contribution in [-0.4, -0.2) is 38.7 Å². The molecular formula is C20H16N2O5S. The van der Waals surface area contributed by atoms with Gasteiger partial charge in [-0.05, 0) is 36.4 Å². The van der Waals surface area contributed by atoms with Gasteiger partial charge in [-0.25, -0.2) is 13.2 Å². The van der Waals surface area contributed by atoms with Gasteiger partial charge >= 0.3 is 5.97 Å². The number of carbonyl (C=O) groups is 2. The monoisotopic (exact) mass is 396 g/mol. The van der Waals surface area contributed by atoms with Gasteiger partial charge in [-0.1, -0.05) is 24.3 Å². The molecule has 0 bridgehead atoms. The third kappa shape index (κ3) is 4.45. The molecule has 2 aromatic rings. The predicted octanol–water partition coefficient (Wildman–Crippen LogP) is 2.06. The van der Waals surface area contributed by atoms with Crippen LogP contribution in [0.3, 0.4) is 0 Å². The Balaban J connectivity index is 1.76. The number of sulfone groups is 1. The molecule has 1 aliphatic heterocycles. The lowest BCUT2D eigenvalue weighted by atomic mass is 10.1. The topological polar surface area (TPSA) is 105 Å². The fourth-order valence-corrected chi connectivity index (χ4v) is 4.09. The molecule has 0 radical (unpaired) electrons. The molecule has 2 aromatic carbocycles. The van der Waals surface area contributed by atoms with Crippen molar-refractivity contribution in [2.45, 2.75) is 6.04 Å². The smallest absolute Gasteiger partial charge is 0.338 e. The van der Waals surface area contributed by atoms with Crippen LogP contribution in [0.4, 0.5) is 5.69 Å². The Kier molecular flexibility index (Phi) is 5.57. The highest BCUT2D eigenvalue weighted by atomic mass is 32.2. The summed E-state index contributed by atoms with van der Waals surface area (Å²) in [5.41, 5.74) is 0.955. The molecule has 8 heteroatoms. The number of hydrogen-bond donors (Lipinski definition) is 0. The third-order valence-corrected chi connectivity index (χ3v) is 5.48. The summed E-state index contributed by atoms with van der Waals surface area (Å²) in [6.07, 6.45) is 1.44. The van der Waals surface area contributed by atoms with E-state index in [9.17, 15) is 18.0 Å². The highest BCUT2D eigenvalue weighted by Crippen LogP contribution is 2.23. The van der Waals surface area contributed by atoms with Gasteiger partial charge in [0.25, 0.3) is 5.91 Å². The minimum atomic E-state index is -3.38. The standard InChI is InChI=1S/C20H16N2O5S/c21-12-15-5-4-6-16(11-15)20(24)27-13-19(23)22(17-7-2-1-3-8-17)18-9-10-28(25,26)14-18/h1-11,18H,13-14H2/t18-/m0/s1. The summed E-state index contributed by atoms with van der Waals surface area (Å²) in [4.78, 5) is 26.3. The van der Waals surface area contributed by atoms with Crippen LogP contribution < -0.4 is 4.90 Å². The molecule has 0 N–H and O–H groups in total. The van der Waals surface area contributed by atoms with Gasteiger partial charge in [0.15, 0.2) is 16.4 Å². The lowest BCUT2D eigenvalue weighted by Gasteiger charge is -2.27. The maximum atomic E-state index is 12.8. The third-order valence-electron chi connectivity index (χ3n) is 4.10. The van der Waals surface area contributed by atoms with Gasteiger partial charge in [0.1, 0.15) is 0 Å². The zero-order valence-electron chi connectivity index (χ0n) is 14.7. The summed E-state index contributed by atoms with van der Waals surface area (Å²) in [6.45, 7) is -0.561. The molecule has 1 atom stereocenters. The summed E-state index contributed by atoms with van der Waals surface area (Å²) in [6, 6.07) is 15.8. The number of amides is 1. The van der Waals surface area contributed by atoms with Crippen molar-refractivity contribution in [1.82, 2.24) is 0 Å². The van der Waals surface area contributed by atoms with E-state index in [1.807, 2.05) is 6.07 Å². The van der Waals surface area contributed by atoms with Crippen LogP contribution in [-0.2, 0) is 19.4 Å². The minimum Gasteiger partial charge on any atom is -0.452 e. The lowest BCUT2D eigenvalue weighted by molar-refractivity contribution is -0.121. The lowest BCUT2D eigenvalue weighted by Crippen LogP contribution is -2.43. The van der Waals surface area contributed by atoms with Crippen LogP contribution in [0.2, 0.25) is 0 Å². The second-order valence-electron chi connectivity index (χ2n) is 6.09. The molecule has 0 spiro atoms. The molecule has 0 aliphatic carbocycles. The molecule has 1 aliphatic rings. The van der Waals surface area contributed by atoms with Gasteiger partial charge in [0.05, 0.1) is 29.0 Å². The van der Waals surface area contributed by atoms with E-state index in [0.29, 0.717) is 11.3 Å². The van der Waals surface area contributed by atoms with E-state index < -0.39 is 34.4 Å². The maximum absolute atomic E-state index is 12.8. The fourth-order valence-electron chi connectivity index (χ4n) is 2.83. The summed E-state index contributed by atoms with van der Waals surface area (Å²) in [5, 5.41) is 9.99. The molecule has 0 fully saturated rings. The Morgan fingerprint density at radius 2 is 1.89 bits per heavy atom. The molecule has 142 valence electrons. The van der Waals surface area contributed by atoms with Gasteiger partial charge in [0, 0.05) is 11.1 Å². The highest BCUT2D eigenvalue weighted by Gasteiger charge is 2.31. The van der Waals surface area contributed by atoms with Crippen LogP contribution in [0.15, 0.2) is 66.1 Å². The minimum absolute atomic E-state index is 0.154. The van der Waals surface area contributed by atoms with E-state index in [0.717, 1.165) is 5.41 Å². The van der Waals surface area contributed by atoms with Crippen molar-refractivity contribution in [2.24, 2.45) is 0 Å². The first-order valence-electron chi connectivity index (χ1n) is 8.35. The number of benzene rings is 2.